The fourth-order valence-electron chi connectivity index (χ4n) is 1.86. The molecule has 0 aromatic heterocycles. The van der Waals surface area contributed by atoms with Crippen LogP contribution in [0.15, 0.2) is 42.5 Å². The average molecular weight is 276 g/mol. The van der Waals surface area contributed by atoms with Gasteiger partial charge in [0, 0.05) is 18.7 Å². The molecular weight excluding hydrogens is 263 g/mol. The smallest absolute Gasteiger partial charge is 0.292 e. The summed E-state index contributed by atoms with van der Waals surface area (Å²) in [5, 5.41) is 13.7. The van der Waals surface area contributed by atoms with E-state index in [0.717, 1.165) is 0 Å². The molecule has 0 radical (unpaired) electrons. The second-order valence-electron chi connectivity index (χ2n) is 4.04. The third-order valence-electron chi connectivity index (χ3n) is 2.80. The fraction of sp³-hybridized carbons (Fsp3) is 0.143. The SMILES string of the molecule is CNc1c(COc2ccccc2F)cccc1[N+](=O)[O-]. The summed E-state index contributed by atoms with van der Waals surface area (Å²) in [7, 11) is 1.59. The first-order chi connectivity index (χ1) is 9.63. The molecule has 0 aliphatic rings. The Hall–Kier alpha value is -2.63. The number of hydrogen-bond acceptors (Lipinski definition) is 4. The Morgan fingerprint density at radius 2 is 2.00 bits per heavy atom. The summed E-state index contributed by atoms with van der Waals surface area (Å²) in [6.45, 7) is 0.0405. The zero-order valence-electron chi connectivity index (χ0n) is 10.8. The molecule has 0 amide bonds. The Morgan fingerprint density at radius 1 is 1.25 bits per heavy atom. The van der Waals surface area contributed by atoms with Crippen molar-refractivity contribution in [2.45, 2.75) is 6.61 Å². The second-order valence-corrected chi connectivity index (χ2v) is 4.04. The van der Waals surface area contributed by atoms with Gasteiger partial charge in [-0.05, 0) is 12.1 Å². The summed E-state index contributed by atoms with van der Waals surface area (Å²) in [4.78, 5) is 10.5. The summed E-state index contributed by atoms with van der Waals surface area (Å²) < 4.78 is 18.8. The van der Waals surface area contributed by atoms with Crippen LogP contribution in [0.5, 0.6) is 5.75 Å². The van der Waals surface area contributed by atoms with Gasteiger partial charge >= 0.3 is 0 Å². The van der Waals surface area contributed by atoms with Gasteiger partial charge in [-0.1, -0.05) is 24.3 Å². The van der Waals surface area contributed by atoms with Crippen LogP contribution in [0.2, 0.25) is 0 Å². The largest absolute Gasteiger partial charge is 0.486 e. The minimum Gasteiger partial charge on any atom is -0.486 e. The molecule has 0 aliphatic heterocycles. The van der Waals surface area contributed by atoms with Crippen LogP contribution in [-0.4, -0.2) is 12.0 Å². The van der Waals surface area contributed by atoms with E-state index in [0.29, 0.717) is 11.3 Å². The van der Waals surface area contributed by atoms with E-state index in [9.17, 15) is 14.5 Å². The van der Waals surface area contributed by atoms with E-state index in [1.807, 2.05) is 0 Å². The van der Waals surface area contributed by atoms with E-state index < -0.39 is 10.7 Å². The second kappa shape index (κ2) is 6.01. The first-order valence-electron chi connectivity index (χ1n) is 5.95. The standard InChI is InChI=1S/C14H13FN2O3/c1-16-14-10(5-4-7-12(14)17(18)19)9-20-13-8-3-2-6-11(13)15/h2-8,16H,9H2,1H3. The minimum absolute atomic E-state index is 0.0397. The van der Waals surface area contributed by atoms with Gasteiger partial charge in [-0.2, -0.15) is 0 Å². The molecule has 6 heteroatoms. The molecule has 2 aromatic carbocycles. The van der Waals surface area contributed by atoms with Crippen molar-refractivity contribution in [2.75, 3.05) is 12.4 Å². The van der Waals surface area contributed by atoms with Crippen LogP contribution >= 0.6 is 0 Å². The number of nitro benzene ring substituents is 1. The molecule has 104 valence electrons. The Bertz CT molecular complexity index is 632. The van der Waals surface area contributed by atoms with Crippen LogP contribution < -0.4 is 10.1 Å². The molecule has 0 spiro atoms. The van der Waals surface area contributed by atoms with Crippen molar-refractivity contribution in [1.82, 2.24) is 0 Å². The van der Waals surface area contributed by atoms with Crippen LogP contribution in [0, 0.1) is 15.9 Å². The molecule has 0 atom stereocenters. The third-order valence-corrected chi connectivity index (χ3v) is 2.80. The number of benzene rings is 2. The van der Waals surface area contributed by atoms with Crippen molar-refractivity contribution in [2.24, 2.45) is 0 Å². The van der Waals surface area contributed by atoms with Crippen LogP contribution in [0.4, 0.5) is 15.8 Å². The monoisotopic (exact) mass is 276 g/mol. The van der Waals surface area contributed by atoms with E-state index in [1.54, 1.807) is 31.3 Å². The van der Waals surface area contributed by atoms with E-state index in [4.69, 9.17) is 4.74 Å². The summed E-state index contributed by atoms with van der Waals surface area (Å²) in [6, 6.07) is 10.7. The first-order valence-corrected chi connectivity index (χ1v) is 5.95. The molecule has 0 bridgehead atoms. The zero-order chi connectivity index (χ0) is 14.5. The Balaban J connectivity index is 2.24. The molecular formula is C14H13FN2O3. The molecule has 0 heterocycles. The number of nitrogens with zero attached hydrogens (tertiary/aromatic N) is 1. The number of ether oxygens (including phenoxy) is 1. The van der Waals surface area contributed by atoms with Gasteiger partial charge in [-0.25, -0.2) is 4.39 Å². The maximum atomic E-state index is 13.4. The Kier molecular flexibility index (Phi) is 4.14. The van der Waals surface area contributed by atoms with Crippen molar-refractivity contribution < 1.29 is 14.1 Å². The fourth-order valence-corrected chi connectivity index (χ4v) is 1.86. The van der Waals surface area contributed by atoms with E-state index in [-0.39, 0.29) is 18.0 Å². The van der Waals surface area contributed by atoms with Gasteiger partial charge in [0.05, 0.1) is 4.92 Å². The summed E-state index contributed by atoms with van der Waals surface area (Å²) in [6.07, 6.45) is 0. The summed E-state index contributed by atoms with van der Waals surface area (Å²) in [5.41, 5.74) is 0.918. The molecule has 2 aromatic rings. The lowest BCUT2D eigenvalue weighted by molar-refractivity contribution is -0.384. The normalized spacial score (nSPS) is 10.1. The Morgan fingerprint density at radius 3 is 2.65 bits per heavy atom. The van der Waals surface area contributed by atoms with Gasteiger partial charge in [-0.3, -0.25) is 10.1 Å². The highest BCUT2D eigenvalue weighted by molar-refractivity contribution is 5.65. The number of hydrogen-bond donors (Lipinski definition) is 1. The first kappa shape index (κ1) is 13.8. The molecule has 0 unspecified atom stereocenters. The van der Waals surface area contributed by atoms with Crippen LogP contribution in [0.1, 0.15) is 5.56 Å². The van der Waals surface area contributed by atoms with Gasteiger partial charge in [0.2, 0.25) is 0 Å². The quantitative estimate of drug-likeness (QED) is 0.671. The maximum Gasteiger partial charge on any atom is 0.292 e. The van der Waals surface area contributed by atoms with Crippen LogP contribution in [0.25, 0.3) is 0 Å². The maximum absolute atomic E-state index is 13.4. The minimum atomic E-state index is -0.474. The Labute approximate surface area is 115 Å². The van der Waals surface area contributed by atoms with Gasteiger partial charge in [-0.15, -0.1) is 0 Å². The third kappa shape index (κ3) is 2.85. The molecule has 0 saturated heterocycles. The molecule has 1 N–H and O–H groups in total. The zero-order valence-corrected chi connectivity index (χ0v) is 10.8. The molecule has 0 saturated carbocycles. The highest BCUT2D eigenvalue weighted by Gasteiger charge is 2.16. The number of halogens is 1. The predicted octanol–water partition coefficient (Wildman–Crippen LogP) is 3.35. The van der Waals surface area contributed by atoms with Crippen molar-refractivity contribution in [3.63, 3.8) is 0 Å². The van der Waals surface area contributed by atoms with E-state index in [1.165, 1.54) is 18.2 Å². The van der Waals surface area contributed by atoms with Crippen molar-refractivity contribution >= 4 is 11.4 Å². The van der Waals surface area contributed by atoms with Gasteiger partial charge in [0.25, 0.3) is 5.69 Å². The molecule has 5 nitrogen and oxygen atoms in total. The van der Waals surface area contributed by atoms with Crippen molar-refractivity contribution in [3.05, 3.63) is 64.0 Å². The summed E-state index contributed by atoms with van der Waals surface area (Å²) in [5.74, 6) is -0.356. The van der Waals surface area contributed by atoms with Gasteiger partial charge in [0.15, 0.2) is 11.6 Å². The number of rotatable bonds is 5. The van der Waals surface area contributed by atoms with Gasteiger partial charge < -0.3 is 10.1 Å². The lowest BCUT2D eigenvalue weighted by atomic mass is 10.1. The number of anilines is 1. The highest BCUT2D eigenvalue weighted by Crippen LogP contribution is 2.29. The molecule has 0 aliphatic carbocycles. The molecule has 20 heavy (non-hydrogen) atoms. The topological polar surface area (TPSA) is 64.4 Å². The number of nitro groups is 1. The predicted molar refractivity (Wildman–Crippen MR) is 73.4 cm³/mol. The summed E-state index contributed by atoms with van der Waals surface area (Å²) >= 11 is 0. The van der Waals surface area contributed by atoms with Crippen molar-refractivity contribution in [3.8, 4) is 5.75 Å². The molecule has 0 fully saturated rings. The average Bonchev–Trinajstić information content (AvgIpc) is 2.45. The van der Waals surface area contributed by atoms with Crippen molar-refractivity contribution in [1.29, 1.82) is 0 Å². The van der Waals surface area contributed by atoms with Crippen LogP contribution in [0.3, 0.4) is 0 Å². The van der Waals surface area contributed by atoms with Gasteiger partial charge in [0.1, 0.15) is 12.3 Å². The van der Waals surface area contributed by atoms with E-state index in [2.05, 4.69) is 5.32 Å². The van der Waals surface area contributed by atoms with E-state index >= 15 is 0 Å². The molecule has 2 rings (SSSR count). The highest BCUT2D eigenvalue weighted by atomic mass is 19.1. The lowest BCUT2D eigenvalue weighted by Gasteiger charge is -2.11. The number of para-hydroxylation sites is 2. The lowest BCUT2D eigenvalue weighted by Crippen LogP contribution is -2.04. The van der Waals surface area contributed by atoms with Crippen LogP contribution in [-0.2, 0) is 6.61 Å². The number of nitrogens with one attached hydrogen (secondary N) is 1.